The van der Waals surface area contributed by atoms with Crippen LogP contribution in [0.15, 0.2) is 0 Å². The molecule has 10 nitrogen and oxygen atoms in total. The molecule has 0 amide bonds. The zero-order valence-electron chi connectivity index (χ0n) is 7.03. The Morgan fingerprint density at radius 3 is 1.50 bits per heavy atom. The van der Waals surface area contributed by atoms with Crippen molar-refractivity contribution in [2.75, 3.05) is 12.3 Å². The van der Waals surface area contributed by atoms with Crippen LogP contribution in [0.1, 0.15) is 7.43 Å². The van der Waals surface area contributed by atoms with Gasteiger partial charge in [0.05, 0.1) is 5.75 Å². The van der Waals surface area contributed by atoms with Crippen molar-refractivity contribution >= 4 is 25.6 Å². The van der Waals surface area contributed by atoms with E-state index in [2.05, 4.69) is 0 Å². The molecule has 16 heavy (non-hydrogen) atoms. The van der Waals surface area contributed by atoms with Gasteiger partial charge in [-0.2, -0.15) is 8.42 Å². The van der Waals surface area contributed by atoms with Gasteiger partial charge in [-0.25, -0.2) is 9.13 Å². The van der Waals surface area contributed by atoms with Crippen LogP contribution in [-0.2, 0) is 19.2 Å². The zero-order valence-corrected chi connectivity index (χ0v) is 9.64. The average molecular weight is 301 g/mol. The van der Waals surface area contributed by atoms with E-state index in [1.165, 1.54) is 0 Å². The van der Waals surface area contributed by atoms with Gasteiger partial charge < -0.3 is 19.6 Å². The molecule has 0 atom stereocenters. The Balaban J connectivity index is 0. The molecule has 0 aliphatic rings. The van der Waals surface area contributed by atoms with Gasteiger partial charge in [0.1, 0.15) is 0 Å². The minimum Gasteiger partial charge on any atom is -0.312 e. The molecule has 0 bridgehead atoms. The van der Waals surface area contributed by atoms with Gasteiger partial charge in [0, 0.05) is 6.54 Å². The zero-order chi connectivity index (χ0) is 12.5. The lowest BCUT2D eigenvalue weighted by Crippen LogP contribution is -2.24. The van der Waals surface area contributed by atoms with E-state index < -0.39 is 42.3 Å². The highest BCUT2D eigenvalue weighted by Gasteiger charge is 2.39. The predicted octanol–water partition coefficient (Wildman–Crippen LogP) is -1.00. The largest absolute Gasteiger partial charge is 0.412 e. The first-order chi connectivity index (χ1) is 6.34. The molecular formula is C3H13NO9P2S. The van der Waals surface area contributed by atoms with E-state index in [-0.39, 0.29) is 7.43 Å². The van der Waals surface area contributed by atoms with Gasteiger partial charge in [-0.05, 0) is 0 Å². The summed E-state index contributed by atoms with van der Waals surface area (Å²) in [4.78, 5) is 33.9. The topological polar surface area (TPSA) is 173 Å². The van der Waals surface area contributed by atoms with E-state index in [1.54, 1.807) is 0 Å². The molecule has 0 aromatic heterocycles. The van der Waals surface area contributed by atoms with Gasteiger partial charge in [0.15, 0.2) is 0 Å². The Hall–Kier alpha value is 0.170. The van der Waals surface area contributed by atoms with Crippen molar-refractivity contribution in [1.29, 1.82) is 0 Å². The summed E-state index contributed by atoms with van der Waals surface area (Å²) in [5, 5.41) is 0. The van der Waals surface area contributed by atoms with E-state index in [4.69, 9.17) is 24.1 Å². The summed E-state index contributed by atoms with van der Waals surface area (Å²) in [6.07, 6.45) is 0. The maximum absolute atomic E-state index is 10.5. The molecule has 0 radical (unpaired) electrons. The predicted molar refractivity (Wildman–Crippen MR) is 53.9 cm³/mol. The van der Waals surface area contributed by atoms with Crippen molar-refractivity contribution in [3.05, 3.63) is 0 Å². The first kappa shape index (κ1) is 18.5. The summed E-state index contributed by atoms with van der Waals surface area (Å²) in [5.74, 6) is -1.21. The summed E-state index contributed by atoms with van der Waals surface area (Å²) < 4.78 is 49.2. The van der Waals surface area contributed by atoms with Crippen LogP contribution in [0.25, 0.3) is 0 Å². The fourth-order valence-corrected chi connectivity index (χ4v) is 3.23. The molecule has 0 fully saturated rings. The summed E-state index contributed by atoms with van der Waals surface area (Å²) in [7, 11) is -15.1. The third kappa shape index (κ3) is 7.44. The molecule has 0 unspecified atom stereocenters. The lowest BCUT2D eigenvalue weighted by molar-refractivity contribution is 0.273. The highest BCUT2D eigenvalue weighted by Crippen LogP contribution is 2.57. The van der Waals surface area contributed by atoms with Crippen molar-refractivity contribution in [1.82, 2.24) is 4.44 Å². The molecular weight excluding hydrogens is 288 g/mol. The molecule has 100 valence electrons. The Morgan fingerprint density at radius 1 is 1.00 bits per heavy atom. The molecule has 0 aromatic rings. The molecule has 13 heteroatoms. The van der Waals surface area contributed by atoms with Crippen LogP contribution in [0, 0.1) is 0 Å². The summed E-state index contributed by atoms with van der Waals surface area (Å²) >= 11 is 0. The van der Waals surface area contributed by atoms with Crippen LogP contribution in [0.2, 0.25) is 0 Å². The molecule has 0 saturated heterocycles. The number of hydrogen-bond donors (Lipinski definition) is 5. The highest BCUT2D eigenvalue weighted by molar-refractivity contribution is 7.85. The fourth-order valence-electron chi connectivity index (χ4n) is 0.609. The Bertz CT molecular complexity index is 382. The van der Waals surface area contributed by atoms with E-state index >= 15 is 0 Å². The second-order valence-electron chi connectivity index (χ2n) is 2.41. The smallest absolute Gasteiger partial charge is 0.312 e. The monoisotopic (exact) mass is 301 g/mol. The highest BCUT2D eigenvalue weighted by atomic mass is 32.2. The second-order valence-corrected chi connectivity index (χ2v) is 7.31. The van der Waals surface area contributed by atoms with Crippen LogP contribution in [0.5, 0.6) is 0 Å². The SMILES string of the molecule is C.O=P(O)(O)N(CCS(=O)(=O)O)P(=O)(O)O. The second kappa shape index (κ2) is 5.67. The summed E-state index contributed by atoms with van der Waals surface area (Å²) in [6.45, 7) is -1.19. The average Bonchev–Trinajstić information content (AvgIpc) is 1.75. The van der Waals surface area contributed by atoms with E-state index in [9.17, 15) is 17.5 Å². The van der Waals surface area contributed by atoms with Crippen molar-refractivity contribution in [3.8, 4) is 0 Å². The molecule has 0 rings (SSSR count). The van der Waals surface area contributed by atoms with E-state index in [0.29, 0.717) is 0 Å². The van der Waals surface area contributed by atoms with Crippen LogP contribution in [0.4, 0.5) is 0 Å². The summed E-state index contributed by atoms with van der Waals surface area (Å²) in [6, 6.07) is 0. The van der Waals surface area contributed by atoms with Crippen molar-refractivity contribution in [2.45, 2.75) is 7.43 Å². The lowest BCUT2D eigenvalue weighted by atomic mass is 10.8. The van der Waals surface area contributed by atoms with Crippen LogP contribution in [-0.4, -0.2) is 49.3 Å². The quantitative estimate of drug-likeness (QED) is 0.313. The molecule has 0 heterocycles. The number of hydrogen-bond acceptors (Lipinski definition) is 4. The van der Waals surface area contributed by atoms with Crippen molar-refractivity contribution in [3.63, 3.8) is 0 Å². The van der Waals surface area contributed by atoms with Crippen molar-refractivity contribution < 1.29 is 41.7 Å². The van der Waals surface area contributed by atoms with Crippen LogP contribution < -0.4 is 0 Å². The third-order valence-electron chi connectivity index (χ3n) is 1.15. The summed E-state index contributed by atoms with van der Waals surface area (Å²) in [5.41, 5.74) is 0. The molecule has 0 aliphatic carbocycles. The third-order valence-corrected chi connectivity index (χ3v) is 4.85. The molecule has 0 aromatic carbocycles. The number of nitrogens with zero attached hydrogens (tertiary/aromatic N) is 1. The van der Waals surface area contributed by atoms with Crippen molar-refractivity contribution in [2.24, 2.45) is 0 Å². The van der Waals surface area contributed by atoms with E-state index in [1.807, 2.05) is 0 Å². The van der Waals surface area contributed by atoms with Gasteiger partial charge in [-0.15, -0.1) is 4.44 Å². The normalized spacial score (nSPS) is 13.6. The van der Waals surface area contributed by atoms with Crippen LogP contribution >= 0.6 is 15.5 Å². The van der Waals surface area contributed by atoms with E-state index in [0.717, 1.165) is 0 Å². The maximum atomic E-state index is 10.5. The maximum Gasteiger partial charge on any atom is 0.412 e. The minimum absolute atomic E-state index is 0. The van der Waals surface area contributed by atoms with Gasteiger partial charge in [-0.3, -0.25) is 4.55 Å². The van der Waals surface area contributed by atoms with Gasteiger partial charge in [-0.1, -0.05) is 7.43 Å². The first-order valence-corrected chi connectivity index (χ1v) is 7.93. The van der Waals surface area contributed by atoms with Gasteiger partial charge >= 0.3 is 15.5 Å². The Labute approximate surface area is 92.1 Å². The van der Waals surface area contributed by atoms with Gasteiger partial charge in [0.25, 0.3) is 10.1 Å². The minimum atomic E-state index is -5.29. The standard InChI is InChI=1S/C2H9NO9P2S.CH4/c4-13(5,6)3(14(7,8)9)1-2-15(10,11)12;/h1-2H2,(H2,4,5,6)(H2,7,8,9)(H,10,11,12);1H4. The Morgan fingerprint density at radius 2 is 1.31 bits per heavy atom. The van der Waals surface area contributed by atoms with Gasteiger partial charge in [0.2, 0.25) is 0 Å². The molecule has 0 saturated carbocycles. The fraction of sp³-hybridized carbons (Fsp3) is 1.00. The molecule has 5 N–H and O–H groups in total. The Kier molecular flexibility index (Phi) is 6.57. The van der Waals surface area contributed by atoms with Crippen LogP contribution in [0.3, 0.4) is 0 Å². The molecule has 0 spiro atoms. The molecule has 0 aliphatic heterocycles. The first-order valence-electron chi connectivity index (χ1n) is 3.19. The number of rotatable bonds is 5. The lowest BCUT2D eigenvalue weighted by Gasteiger charge is -2.22.